The number of halogens is 2. The second kappa shape index (κ2) is 5.34. The summed E-state index contributed by atoms with van der Waals surface area (Å²) in [5, 5.41) is 3.38. The van der Waals surface area contributed by atoms with Crippen molar-refractivity contribution in [2.24, 2.45) is 0 Å². The number of hydrogen-bond donors (Lipinski definition) is 1. The number of amides is 2. The molecule has 3 rings (SSSR count). The van der Waals surface area contributed by atoms with Gasteiger partial charge in [-0.1, -0.05) is 45.9 Å². The van der Waals surface area contributed by atoms with Crippen molar-refractivity contribution in [3.05, 3.63) is 34.3 Å². The molecule has 21 heavy (non-hydrogen) atoms. The van der Waals surface area contributed by atoms with Crippen LogP contribution in [0.5, 0.6) is 0 Å². The molecule has 2 amide bonds. The first-order chi connectivity index (χ1) is 9.94. The lowest BCUT2D eigenvalue weighted by atomic mass is 10.2. The van der Waals surface area contributed by atoms with E-state index in [1.54, 1.807) is 17.0 Å². The van der Waals surface area contributed by atoms with Gasteiger partial charge in [0.1, 0.15) is 0 Å². The zero-order chi connectivity index (χ0) is 15.2. The van der Waals surface area contributed by atoms with Crippen molar-refractivity contribution >= 4 is 56.8 Å². The van der Waals surface area contributed by atoms with E-state index in [9.17, 15) is 9.59 Å². The Morgan fingerprint density at radius 2 is 2.33 bits per heavy atom. The minimum absolute atomic E-state index is 0.0451. The van der Waals surface area contributed by atoms with Crippen LogP contribution >= 0.6 is 39.3 Å². The first kappa shape index (κ1) is 14.9. The third kappa shape index (κ3) is 2.39. The number of nitrogens with one attached hydrogen (secondary N) is 1. The van der Waals surface area contributed by atoms with Crippen LogP contribution in [0, 0.1) is 0 Å². The van der Waals surface area contributed by atoms with E-state index in [2.05, 4.69) is 27.8 Å². The van der Waals surface area contributed by atoms with Crippen LogP contribution in [0.1, 0.15) is 12.8 Å². The molecule has 0 radical (unpaired) electrons. The summed E-state index contributed by atoms with van der Waals surface area (Å²) >= 11 is 10.7. The molecule has 2 heterocycles. The summed E-state index contributed by atoms with van der Waals surface area (Å²) in [7, 11) is 0. The molecule has 0 spiro atoms. The third-order valence-electron chi connectivity index (χ3n) is 3.52. The molecule has 2 aliphatic rings. The molecule has 0 aliphatic carbocycles. The molecular formula is C14H12BrClN2O2S. The van der Waals surface area contributed by atoms with Crippen LogP contribution < -0.4 is 10.2 Å². The van der Waals surface area contributed by atoms with E-state index in [0.717, 1.165) is 10.6 Å². The highest BCUT2D eigenvalue weighted by molar-refractivity contribution is 9.11. The van der Waals surface area contributed by atoms with Gasteiger partial charge in [0.15, 0.2) is 4.87 Å². The number of benzene rings is 1. The van der Waals surface area contributed by atoms with Crippen LogP contribution in [0.2, 0.25) is 5.02 Å². The van der Waals surface area contributed by atoms with E-state index < -0.39 is 4.87 Å². The maximum absolute atomic E-state index is 12.6. The average Bonchev–Trinajstić information content (AvgIpc) is 2.93. The largest absolute Gasteiger partial charge is 0.349 e. The summed E-state index contributed by atoms with van der Waals surface area (Å²) in [6.45, 7) is 4.03. The molecule has 1 N–H and O–H groups in total. The van der Waals surface area contributed by atoms with Gasteiger partial charge in [0.05, 0.1) is 5.69 Å². The Morgan fingerprint density at radius 3 is 3.05 bits per heavy atom. The van der Waals surface area contributed by atoms with Gasteiger partial charge in [0.2, 0.25) is 5.91 Å². The molecule has 0 saturated carbocycles. The zero-order valence-electron chi connectivity index (χ0n) is 11.0. The minimum atomic E-state index is -0.896. The number of rotatable bonds is 3. The van der Waals surface area contributed by atoms with Crippen molar-refractivity contribution in [3.8, 4) is 0 Å². The smallest absolute Gasteiger partial charge is 0.257 e. The predicted octanol–water partition coefficient (Wildman–Crippen LogP) is 3.29. The molecule has 4 nitrogen and oxygen atoms in total. The second-order valence-corrected chi connectivity index (χ2v) is 7.80. The van der Waals surface area contributed by atoms with Crippen molar-refractivity contribution in [3.63, 3.8) is 0 Å². The van der Waals surface area contributed by atoms with Gasteiger partial charge in [-0.3, -0.25) is 14.5 Å². The van der Waals surface area contributed by atoms with E-state index in [1.807, 2.05) is 6.07 Å². The topological polar surface area (TPSA) is 49.4 Å². The van der Waals surface area contributed by atoms with E-state index in [0.29, 0.717) is 28.9 Å². The summed E-state index contributed by atoms with van der Waals surface area (Å²) in [6, 6.07) is 5.36. The molecule has 2 aliphatic heterocycles. The Labute approximate surface area is 140 Å². The quantitative estimate of drug-likeness (QED) is 0.866. The number of thioether (sulfide) groups is 1. The van der Waals surface area contributed by atoms with Gasteiger partial charge in [-0.25, -0.2) is 0 Å². The average molecular weight is 388 g/mol. The molecule has 1 aromatic carbocycles. The highest BCUT2D eigenvalue weighted by atomic mass is 79.9. The van der Waals surface area contributed by atoms with Gasteiger partial charge in [0, 0.05) is 27.4 Å². The van der Waals surface area contributed by atoms with Gasteiger partial charge < -0.3 is 5.32 Å². The van der Waals surface area contributed by atoms with E-state index in [-0.39, 0.29) is 11.8 Å². The Morgan fingerprint density at radius 1 is 1.57 bits per heavy atom. The fraction of sp³-hybridized carbons (Fsp3) is 0.286. The lowest BCUT2D eigenvalue weighted by Crippen LogP contribution is -2.52. The molecule has 0 bridgehead atoms. The predicted molar refractivity (Wildman–Crippen MR) is 87.8 cm³/mol. The maximum Gasteiger partial charge on any atom is 0.257 e. The minimum Gasteiger partial charge on any atom is -0.349 e. The summed E-state index contributed by atoms with van der Waals surface area (Å²) in [5.74, 6) is -0.220. The molecule has 0 aromatic heterocycles. The molecule has 1 atom stereocenters. The van der Waals surface area contributed by atoms with Crippen molar-refractivity contribution in [1.29, 1.82) is 0 Å². The Hall–Kier alpha value is -0.980. The van der Waals surface area contributed by atoms with Crippen LogP contribution in [-0.2, 0) is 9.59 Å². The highest BCUT2D eigenvalue weighted by Gasteiger charge is 2.57. The summed E-state index contributed by atoms with van der Waals surface area (Å²) in [5.41, 5.74) is 0.725. The monoisotopic (exact) mass is 386 g/mol. The van der Waals surface area contributed by atoms with E-state index in [1.165, 1.54) is 11.8 Å². The molecule has 7 heteroatoms. The van der Waals surface area contributed by atoms with Crippen molar-refractivity contribution < 1.29 is 9.59 Å². The number of carbonyl (C=O) groups is 2. The molecule has 1 aromatic rings. The van der Waals surface area contributed by atoms with Crippen LogP contribution in [-0.4, -0.2) is 23.2 Å². The Balaban J connectivity index is 1.97. The SMILES string of the molecule is C=C(Br)CNC(=O)C12CCC(=O)N1c1cc(Cl)ccc1S2. The Bertz CT molecular complexity index is 666. The molecule has 1 unspecified atom stereocenters. The van der Waals surface area contributed by atoms with Gasteiger partial charge in [-0.2, -0.15) is 0 Å². The van der Waals surface area contributed by atoms with Gasteiger partial charge >= 0.3 is 0 Å². The highest BCUT2D eigenvalue weighted by Crippen LogP contribution is 2.56. The Kier molecular flexibility index (Phi) is 3.80. The zero-order valence-corrected chi connectivity index (χ0v) is 14.1. The summed E-state index contributed by atoms with van der Waals surface area (Å²) in [4.78, 5) is 26.5. The fourth-order valence-corrected chi connectivity index (χ4v) is 4.36. The number of nitrogens with zero attached hydrogens (tertiary/aromatic N) is 1. The van der Waals surface area contributed by atoms with Crippen LogP contribution in [0.15, 0.2) is 34.2 Å². The molecular weight excluding hydrogens is 376 g/mol. The molecule has 1 saturated heterocycles. The first-order valence-corrected chi connectivity index (χ1v) is 8.36. The summed E-state index contributed by atoms with van der Waals surface area (Å²) in [6.07, 6.45) is 0.852. The van der Waals surface area contributed by atoms with Gasteiger partial charge in [0.25, 0.3) is 5.91 Å². The lowest BCUT2D eigenvalue weighted by Gasteiger charge is -2.29. The van der Waals surface area contributed by atoms with Crippen LogP contribution in [0.3, 0.4) is 0 Å². The van der Waals surface area contributed by atoms with Crippen LogP contribution in [0.25, 0.3) is 0 Å². The van der Waals surface area contributed by atoms with Crippen molar-refractivity contribution in [2.45, 2.75) is 22.6 Å². The molecule has 1 fully saturated rings. The third-order valence-corrected chi connectivity index (χ3v) is 5.51. The standard InChI is InChI=1S/C14H12BrClN2O2S/c1-8(15)7-17-13(20)14-5-4-12(19)18(14)10-6-9(16)2-3-11(10)21-14/h2-3,6H,1,4-5,7H2,(H,17,20). The lowest BCUT2D eigenvalue weighted by molar-refractivity contribution is -0.124. The van der Waals surface area contributed by atoms with E-state index >= 15 is 0 Å². The van der Waals surface area contributed by atoms with Gasteiger partial charge in [-0.05, 0) is 24.6 Å². The van der Waals surface area contributed by atoms with Crippen molar-refractivity contribution in [2.75, 3.05) is 11.4 Å². The van der Waals surface area contributed by atoms with E-state index in [4.69, 9.17) is 11.6 Å². The second-order valence-electron chi connectivity index (χ2n) is 4.93. The normalized spacial score (nSPS) is 23.0. The number of carbonyl (C=O) groups excluding carboxylic acids is 2. The fourth-order valence-electron chi connectivity index (χ4n) is 2.64. The number of hydrogen-bond acceptors (Lipinski definition) is 3. The maximum atomic E-state index is 12.6. The van der Waals surface area contributed by atoms with Crippen LogP contribution in [0.4, 0.5) is 5.69 Å². The molecule has 110 valence electrons. The van der Waals surface area contributed by atoms with Gasteiger partial charge in [-0.15, -0.1) is 0 Å². The number of fused-ring (bicyclic) bond motifs is 3. The summed E-state index contributed by atoms with van der Waals surface area (Å²) < 4.78 is 0.687. The first-order valence-electron chi connectivity index (χ1n) is 6.37. The number of anilines is 1. The van der Waals surface area contributed by atoms with Crippen molar-refractivity contribution in [1.82, 2.24) is 5.32 Å².